The number of hydrogen-bond acceptors (Lipinski definition) is 1. The van der Waals surface area contributed by atoms with Crippen molar-refractivity contribution in [2.24, 2.45) is 0 Å². The molecule has 1 unspecified atom stereocenters. The average molecular weight is 170 g/mol. The monoisotopic (exact) mass is 170 g/mol. The minimum absolute atomic E-state index is 0.0974. The lowest BCUT2D eigenvalue weighted by molar-refractivity contribution is 0.152. The van der Waals surface area contributed by atoms with Crippen LogP contribution >= 0.6 is 0 Å². The zero-order chi connectivity index (χ0) is 9.23. The van der Waals surface area contributed by atoms with Crippen LogP contribution in [0.5, 0.6) is 0 Å². The summed E-state index contributed by atoms with van der Waals surface area (Å²) in [5.41, 5.74) is 0. The van der Waals surface area contributed by atoms with Gasteiger partial charge in [0.15, 0.2) is 0 Å². The second-order valence-electron chi connectivity index (χ2n) is 3.37. The van der Waals surface area contributed by atoms with Crippen molar-refractivity contribution in [1.29, 1.82) is 0 Å². The zero-order valence-electron chi connectivity index (χ0n) is 8.26. The molecule has 1 N–H and O–H groups in total. The lowest BCUT2D eigenvalue weighted by atomic mass is 10.1. The van der Waals surface area contributed by atoms with Gasteiger partial charge in [0.2, 0.25) is 0 Å². The number of rotatable bonds is 8. The van der Waals surface area contributed by atoms with E-state index < -0.39 is 0 Å². The maximum Gasteiger partial charge on any atom is 0.0543 e. The molecule has 0 aliphatic carbocycles. The minimum atomic E-state index is -0.0974. The van der Waals surface area contributed by atoms with Gasteiger partial charge in [0.25, 0.3) is 0 Å². The Morgan fingerprint density at radius 3 is 2.58 bits per heavy atom. The first kappa shape index (κ1) is 11.7. The molecule has 0 amide bonds. The predicted molar refractivity (Wildman–Crippen MR) is 54.2 cm³/mol. The molecular formula is C11H22O. The van der Waals surface area contributed by atoms with Crippen molar-refractivity contribution in [3.8, 4) is 0 Å². The van der Waals surface area contributed by atoms with Crippen molar-refractivity contribution in [3.05, 3.63) is 12.7 Å². The number of allylic oxidation sites excluding steroid dienone is 1. The van der Waals surface area contributed by atoms with Gasteiger partial charge in [0.05, 0.1) is 6.10 Å². The third-order valence-electron chi connectivity index (χ3n) is 2.09. The third-order valence-corrected chi connectivity index (χ3v) is 2.09. The molecule has 0 spiro atoms. The topological polar surface area (TPSA) is 20.2 Å². The van der Waals surface area contributed by atoms with E-state index in [4.69, 9.17) is 0 Å². The average Bonchev–Trinajstić information content (AvgIpc) is 2.09. The molecule has 0 aliphatic rings. The molecular weight excluding hydrogens is 148 g/mol. The van der Waals surface area contributed by atoms with Gasteiger partial charge in [-0.1, -0.05) is 38.7 Å². The summed E-state index contributed by atoms with van der Waals surface area (Å²) in [6.07, 6.45) is 9.57. The fraction of sp³-hybridized carbons (Fsp3) is 0.818. The Hall–Kier alpha value is -0.300. The Morgan fingerprint density at radius 2 is 2.00 bits per heavy atom. The van der Waals surface area contributed by atoms with Crippen molar-refractivity contribution in [2.75, 3.05) is 0 Å². The molecule has 1 atom stereocenters. The van der Waals surface area contributed by atoms with Gasteiger partial charge in [0.1, 0.15) is 0 Å². The highest BCUT2D eigenvalue weighted by atomic mass is 16.3. The van der Waals surface area contributed by atoms with Crippen LogP contribution in [0, 0.1) is 0 Å². The normalized spacial score (nSPS) is 12.8. The standard InChI is InChI=1S/C11H22O/c1-3-5-7-8-10-11(12)9-6-4-2/h4,11-12H,2-3,5-10H2,1H3. The van der Waals surface area contributed by atoms with Crippen LogP contribution in [-0.4, -0.2) is 11.2 Å². The van der Waals surface area contributed by atoms with Crippen molar-refractivity contribution >= 4 is 0 Å². The second-order valence-corrected chi connectivity index (χ2v) is 3.37. The first-order chi connectivity index (χ1) is 5.81. The van der Waals surface area contributed by atoms with Gasteiger partial charge >= 0.3 is 0 Å². The van der Waals surface area contributed by atoms with Crippen molar-refractivity contribution in [2.45, 2.75) is 58.0 Å². The summed E-state index contributed by atoms with van der Waals surface area (Å²) in [5, 5.41) is 9.43. The molecule has 12 heavy (non-hydrogen) atoms. The highest BCUT2D eigenvalue weighted by Gasteiger charge is 2.01. The van der Waals surface area contributed by atoms with Gasteiger partial charge in [-0.2, -0.15) is 0 Å². The van der Waals surface area contributed by atoms with E-state index in [9.17, 15) is 5.11 Å². The Balaban J connectivity index is 3.07. The molecule has 1 heteroatoms. The highest BCUT2D eigenvalue weighted by molar-refractivity contribution is 4.69. The quantitative estimate of drug-likeness (QED) is 0.438. The Morgan fingerprint density at radius 1 is 1.25 bits per heavy atom. The highest BCUT2D eigenvalue weighted by Crippen LogP contribution is 2.09. The van der Waals surface area contributed by atoms with Crippen molar-refractivity contribution in [3.63, 3.8) is 0 Å². The Labute approximate surface area is 76.5 Å². The summed E-state index contributed by atoms with van der Waals surface area (Å²) >= 11 is 0. The minimum Gasteiger partial charge on any atom is -0.393 e. The van der Waals surface area contributed by atoms with Crippen LogP contribution < -0.4 is 0 Å². The molecule has 0 fully saturated rings. The molecule has 0 rings (SSSR count). The van der Waals surface area contributed by atoms with Crippen LogP contribution in [0.3, 0.4) is 0 Å². The summed E-state index contributed by atoms with van der Waals surface area (Å²) in [4.78, 5) is 0. The summed E-state index contributed by atoms with van der Waals surface area (Å²) < 4.78 is 0. The Kier molecular flexibility index (Phi) is 8.57. The third kappa shape index (κ3) is 7.80. The van der Waals surface area contributed by atoms with Crippen molar-refractivity contribution < 1.29 is 5.11 Å². The van der Waals surface area contributed by atoms with E-state index in [1.54, 1.807) is 0 Å². The molecule has 0 aromatic carbocycles. The van der Waals surface area contributed by atoms with E-state index in [-0.39, 0.29) is 6.10 Å². The van der Waals surface area contributed by atoms with Crippen LogP contribution in [-0.2, 0) is 0 Å². The SMILES string of the molecule is C=CCCC(O)CCCCCC. The molecule has 0 saturated heterocycles. The van der Waals surface area contributed by atoms with E-state index in [0.29, 0.717) is 0 Å². The van der Waals surface area contributed by atoms with Crippen LogP contribution in [0.1, 0.15) is 51.9 Å². The molecule has 0 aliphatic heterocycles. The van der Waals surface area contributed by atoms with Crippen LogP contribution in [0.4, 0.5) is 0 Å². The first-order valence-electron chi connectivity index (χ1n) is 5.10. The summed E-state index contributed by atoms with van der Waals surface area (Å²) in [6.45, 7) is 5.83. The largest absolute Gasteiger partial charge is 0.393 e. The fourth-order valence-electron chi connectivity index (χ4n) is 1.26. The zero-order valence-corrected chi connectivity index (χ0v) is 8.26. The fourth-order valence-corrected chi connectivity index (χ4v) is 1.26. The van der Waals surface area contributed by atoms with Crippen LogP contribution in [0.15, 0.2) is 12.7 Å². The first-order valence-corrected chi connectivity index (χ1v) is 5.10. The number of hydrogen-bond donors (Lipinski definition) is 1. The van der Waals surface area contributed by atoms with Gasteiger partial charge in [0, 0.05) is 0 Å². The lowest BCUT2D eigenvalue weighted by Gasteiger charge is -2.07. The van der Waals surface area contributed by atoms with Gasteiger partial charge in [-0.3, -0.25) is 0 Å². The van der Waals surface area contributed by atoms with Gasteiger partial charge < -0.3 is 5.11 Å². The summed E-state index contributed by atoms with van der Waals surface area (Å²) in [7, 11) is 0. The van der Waals surface area contributed by atoms with Gasteiger partial charge in [-0.05, 0) is 19.3 Å². The molecule has 0 heterocycles. The maximum absolute atomic E-state index is 9.43. The number of aliphatic hydroxyl groups is 1. The second kappa shape index (κ2) is 8.79. The predicted octanol–water partition coefficient (Wildman–Crippen LogP) is 3.28. The molecule has 0 bridgehead atoms. The molecule has 0 radical (unpaired) electrons. The molecule has 72 valence electrons. The van der Waals surface area contributed by atoms with Crippen LogP contribution in [0.2, 0.25) is 0 Å². The lowest BCUT2D eigenvalue weighted by Crippen LogP contribution is -2.05. The van der Waals surface area contributed by atoms with Crippen LogP contribution in [0.25, 0.3) is 0 Å². The van der Waals surface area contributed by atoms with E-state index >= 15 is 0 Å². The number of aliphatic hydroxyl groups excluding tert-OH is 1. The van der Waals surface area contributed by atoms with E-state index in [2.05, 4.69) is 13.5 Å². The van der Waals surface area contributed by atoms with E-state index in [1.807, 2.05) is 6.08 Å². The molecule has 0 aromatic rings. The summed E-state index contributed by atoms with van der Waals surface area (Å²) in [6, 6.07) is 0. The van der Waals surface area contributed by atoms with E-state index in [1.165, 1.54) is 25.7 Å². The van der Waals surface area contributed by atoms with Gasteiger partial charge in [-0.15, -0.1) is 6.58 Å². The number of unbranched alkanes of at least 4 members (excludes halogenated alkanes) is 3. The smallest absolute Gasteiger partial charge is 0.0543 e. The summed E-state index contributed by atoms with van der Waals surface area (Å²) in [5.74, 6) is 0. The maximum atomic E-state index is 9.43. The van der Waals surface area contributed by atoms with E-state index in [0.717, 1.165) is 19.3 Å². The van der Waals surface area contributed by atoms with Gasteiger partial charge in [-0.25, -0.2) is 0 Å². The Bertz CT molecular complexity index is 99.2. The molecule has 0 aromatic heterocycles. The molecule has 0 saturated carbocycles. The molecule has 1 nitrogen and oxygen atoms in total. The van der Waals surface area contributed by atoms with Crippen molar-refractivity contribution in [1.82, 2.24) is 0 Å².